The molecule has 0 saturated heterocycles. The molecule has 0 bridgehead atoms. The van der Waals surface area contributed by atoms with E-state index >= 15 is 0 Å². The lowest BCUT2D eigenvalue weighted by Crippen LogP contribution is -2.35. The molecule has 2 aliphatic heterocycles. The first-order valence-corrected chi connectivity index (χ1v) is 7.55. The quantitative estimate of drug-likeness (QED) is 0.787. The Bertz CT molecular complexity index is 836. The van der Waals surface area contributed by atoms with Crippen molar-refractivity contribution in [3.8, 4) is 6.07 Å². The van der Waals surface area contributed by atoms with Crippen molar-refractivity contribution >= 4 is 27.3 Å². The maximum absolute atomic E-state index is 13.4. The van der Waals surface area contributed by atoms with Crippen LogP contribution in [0.25, 0.3) is 0 Å². The van der Waals surface area contributed by atoms with Crippen LogP contribution in [0.1, 0.15) is 5.56 Å². The van der Waals surface area contributed by atoms with Gasteiger partial charge in [-0.25, -0.2) is 5.01 Å². The third kappa shape index (κ3) is 2.68. The van der Waals surface area contributed by atoms with Gasteiger partial charge in [0, 0.05) is 10.0 Å². The number of para-hydroxylation sites is 1. The van der Waals surface area contributed by atoms with Crippen molar-refractivity contribution in [3.63, 3.8) is 0 Å². The highest BCUT2D eigenvalue weighted by molar-refractivity contribution is 9.10. The van der Waals surface area contributed by atoms with Gasteiger partial charge in [-0.3, -0.25) is 0 Å². The van der Waals surface area contributed by atoms with Gasteiger partial charge in [0.05, 0.1) is 30.2 Å². The standard InChI is InChI=1S/C15H10BrF3N4O/c16-11-3-1-2-10(15(17,18)19)13(11)23-14(21)9(6-20)8-4-5-24-7-12(8)22-23/h1-4H,5,7,21H2. The minimum atomic E-state index is -4.61. The molecule has 0 atom stereocenters. The molecule has 0 fully saturated rings. The summed E-state index contributed by atoms with van der Waals surface area (Å²) in [6.07, 6.45) is -2.97. The number of allylic oxidation sites excluding steroid dienone is 1. The number of hydrogen-bond donors (Lipinski definition) is 1. The van der Waals surface area contributed by atoms with Crippen LogP contribution in [0.4, 0.5) is 18.9 Å². The number of benzene rings is 1. The summed E-state index contributed by atoms with van der Waals surface area (Å²) in [5.74, 6) is -0.160. The second kappa shape index (κ2) is 5.96. The maximum atomic E-state index is 13.4. The van der Waals surface area contributed by atoms with E-state index in [0.29, 0.717) is 11.3 Å². The Kier molecular flexibility index (Phi) is 4.11. The first-order chi connectivity index (χ1) is 11.3. The maximum Gasteiger partial charge on any atom is 0.418 e. The molecule has 24 heavy (non-hydrogen) atoms. The van der Waals surface area contributed by atoms with Crippen LogP contribution in [0.15, 0.2) is 50.8 Å². The third-order valence-corrected chi connectivity index (χ3v) is 4.19. The van der Waals surface area contributed by atoms with Crippen LogP contribution in [0.5, 0.6) is 0 Å². The monoisotopic (exact) mass is 398 g/mol. The summed E-state index contributed by atoms with van der Waals surface area (Å²) in [6.45, 7) is 0.377. The van der Waals surface area contributed by atoms with E-state index in [0.717, 1.165) is 11.1 Å². The van der Waals surface area contributed by atoms with Gasteiger partial charge >= 0.3 is 6.18 Å². The Morgan fingerprint density at radius 1 is 1.38 bits per heavy atom. The summed E-state index contributed by atoms with van der Waals surface area (Å²) in [5.41, 5.74) is 5.71. The zero-order chi connectivity index (χ0) is 17.5. The Morgan fingerprint density at radius 2 is 2.12 bits per heavy atom. The van der Waals surface area contributed by atoms with E-state index in [1.165, 1.54) is 12.1 Å². The number of nitrogens with zero attached hydrogens (tertiary/aromatic N) is 3. The fourth-order valence-corrected chi connectivity index (χ4v) is 3.02. The largest absolute Gasteiger partial charge is 0.418 e. The number of alkyl halides is 3. The summed E-state index contributed by atoms with van der Waals surface area (Å²) in [5, 5.41) is 14.5. The SMILES string of the molecule is N#CC1=C(N)N(c2c(Br)cccc2C(F)(F)F)N=C2COCC=C21. The number of anilines is 1. The molecule has 0 radical (unpaired) electrons. The van der Waals surface area contributed by atoms with Crippen molar-refractivity contribution in [3.05, 3.63) is 51.3 Å². The predicted octanol–water partition coefficient (Wildman–Crippen LogP) is 3.29. The van der Waals surface area contributed by atoms with Crippen molar-refractivity contribution in [1.82, 2.24) is 0 Å². The van der Waals surface area contributed by atoms with Crippen LogP contribution < -0.4 is 10.7 Å². The minimum absolute atomic E-state index is 0.0761. The van der Waals surface area contributed by atoms with Crippen LogP contribution in [-0.2, 0) is 10.9 Å². The first-order valence-electron chi connectivity index (χ1n) is 6.76. The van der Waals surface area contributed by atoms with Gasteiger partial charge in [0.1, 0.15) is 17.5 Å². The topological polar surface area (TPSA) is 74.6 Å². The molecule has 0 aliphatic carbocycles. The molecule has 0 amide bonds. The molecule has 3 rings (SSSR count). The average Bonchev–Trinajstić information content (AvgIpc) is 2.53. The van der Waals surface area contributed by atoms with E-state index in [-0.39, 0.29) is 34.8 Å². The van der Waals surface area contributed by atoms with E-state index in [9.17, 15) is 18.4 Å². The Labute approximate surface area is 143 Å². The smallest absolute Gasteiger partial charge is 0.383 e. The summed E-state index contributed by atoms with van der Waals surface area (Å²) in [6, 6.07) is 5.60. The predicted molar refractivity (Wildman–Crippen MR) is 84.8 cm³/mol. The zero-order valence-electron chi connectivity index (χ0n) is 12.1. The highest BCUT2D eigenvalue weighted by Gasteiger charge is 2.38. The van der Waals surface area contributed by atoms with Gasteiger partial charge in [0.15, 0.2) is 0 Å². The highest BCUT2D eigenvalue weighted by atomic mass is 79.9. The van der Waals surface area contributed by atoms with Crippen LogP contribution in [0, 0.1) is 11.3 Å². The van der Waals surface area contributed by atoms with Gasteiger partial charge in [-0.1, -0.05) is 6.07 Å². The van der Waals surface area contributed by atoms with Gasteiger partial charge in [0.2, 0.25) is 0 Å². The average molecular weight is 399 g/mol. The fourth-order valence-electron chi connectivity index (χ4n) is 2.49. The van der Waals surface area contributed by atoms with Gasteiger partial charge in [-0.05, 0) is 34.1 Å². The summed E-state index contributed by atoms with van der Waals surface area (Å²) < 4.78 is 45.5. The molecule has 1 aromatic carbocycles. The van der Waals surface area contributed by atoms with E-state index in [1.807, 2.05) is 6.07 Å². The highest BCUT2D eigenvalue weighted by Crippen LogP contribution is 2.43. The Morgan fingerprint density at radius 3 is 2.79 bits per heavy atom. The fraction of sp³-hybridized carbons (Fsp3) is 0.200. The number of nitriles is 1. The van der Waals surface area contributed by atoms with Crippen molar-refractivity contribution in [1.29, 1.82) is 5.26 Å². The van der Waals surface area contributed by atoms with Crippen molar-refractivity contribution < 1.29 is 17.9 Å². The molecule has 9 heteroatoms. The summed E-state index contributed by atoms with van der Waals surface area (Å²) >= 11 is 3.11. The number of rotatable bonds is 1. The number of ether oxygens (including phenoxy) is 1. The van der Waals surface area contributed by atoms with Crippen LogP contribution in [-0.4, -0.2) is 18.9 Å². The van der Waals surface area contributed by atoms with Crippen molar-refractivity contribution in [2.24, 2.45) is 10.8 Å². The van der Waals surface area contributed by atoms with E-state index < -0.39 is 11.7 Å². The summed E-state index contributed by atoms with van der Waals surface area (Å²) in [4.78, 5) is 0. The lowest BCUT2D eigenvalue weighted by atomic mass is 9.99. The second-order valence-electron chi connectivity index (χ2n) is 5.00. The molecule has 0 saturated carbocycles. The lowest BCUT2D eigenvalue weighted by molar-refractivity contribution is -0.137. The molecule has 0 unspecified atom stereocenters. The normalized spacial score (nSPS) is 17.9. The molecular weight excluding hydrogens is 389 g/mol. The Hall–Kier alpha value is -2.31. The summed E-state index contributed by atoms with van der Waals surface area (Å²) in [7, 11) is 0. The van der Waals surface area contributed by atoms with E-state index in [4.69, 9.17) is 10.5 Å². The zero-order valence-corrected chi connectivity index (χ0v) is 13.6. The minimum Gasteiger partial charge on any atom is -0.383 e. The van der Waals surface area contributed by atoms with Crippen molar-refractivity contribution in [2.45, 2.75) is 6.18 Å². The van der Waals surface area contributed by atoms with Gasteiger partial charge in [-0.15, -0.1) is 0 Å². The number of nitrogens with two attached hydrogens (primary N) is 1. The van der Waals surface area contributed by atoms with Gasteiger partial charge in [-0.2, -0.15) is 23.5 Å². The molecule has 1 aromatic rings. The lowest BCUT2D eigenvalue weighted by Gasteiger charge is -2.31. The molecular formula is C15H10BrF3N4O. The third-order valence-electron chi connectivity index (χ3n) is 3.55. The number of fused-ring (bicyclic) bond motifs is 1. The molecule has 2 aliphatic rings. The van der Waals surface area contributed by atoms with Crippen LogP contribution >= 0.6 is 15.9 Å². The van der Waals surface area contributed by atoms with Gasteiger partial charge < -0.3 is 10.5 Å². The van der Waals surface area contributed by atoms with Crippen LogP contribution in [0.2, 0.25) is 0 Å². The first kappa shape index (κ1) is 16.5. The number of halogens is 4. The number of hydrazone groups is 1. The second-order valence-corrected chi connectivity index (χ2v) is 5.85. The molecule has 124 valence electrons. The van der Waals surface area contributed by atoms with E-state index in [2.05, 4.69) is 21.0 Å². The van der Waals surface area contributed by atoms with E-state index in [1.54, 1.807) is 6.08 Å². The molecule has 5 nitrogen and oxygen atoms in total. The van der Waals surface area contributed by atoms with Gasteiger partial charge in [0.25, 0.3) is 0 Å². The van der Waals surface area contributed by atoms with Crippen molar-refractivity contribution in [2.75, 3.05) is 18.2 Å². The Balaban J connectivity index is 2.24. The molecule has 0 spiro atoms. The van der Waals surface area contributed by atoms with Crippen LogP contribution in [0.3, 0.4) is 0 Å². The molecule has 0 aromatic heterocycles. The number of hydrogen-bond acceptors (Lipinski definition) is 5. The molecule has 2 heterocycles. The molecule has 2 N–H and O–H groups in total.